The highest BCUT2D eigenvalue weighted by Gasteiger charge is 2.34. The molecule has 0 atom stereocenters. The van der Waals surface area contributed by atoms with Crippen LogP contribution in [-0.4, -0.2) is 33.6 Å². The lowest BCUT2D eigenvalue weighted by atomic mass is 10.1. The lowest BCUT2D eigenvalue weighted by molar-refractivity contribution is -0.136. The van der Waals surface area contributed by atoms with Crippen LogP contribution in [0.2, 0.25) is 0 Å². The Morgan fingerprint density at radius 3 is 2.62 bits per heavy atom. The second kappa shape index (κ2) is 10.7. The topological polar surface area (TPSA) is 59.4 Å². The molecule has 170 valence electrons. The number of carbonyl (C=O) groups is 1. The van der Waals surface area contributed by atoms with Crippen molar-refractivity contribution in [2.45, 2.75) is 32.6 Å². The van der Waals surface area contributed by atoms with Crippen LogP contribution in [-0.2, 0) is 19.3 Å². The Morgan fingerprint density at radius 1 is 1.16 bits per heavy atom. The smallest absolute Gasteiger partial charge is 0.418 e. The van der Waals surface area contributed by atoms with Crippen molar-refractivity contribution in [3.05, 3.63) is 78.4 Å². The van der Waals surface area contributed by atoms with Crippen LogP contribution in [0.1, 0.15) is 24.5 Å². The molecule has 2 amide bonds. The van der Waals surface area contributed by atoms with Crippen LogP contribution in [0.4, 0.5) is 23.7 Å². The minimum Gasteiger partial charge on any atom is -0.494 e. The second-order valence-electron chi connectivity index (χ2n) is 7.09. The fourth-order valence-corrected chi connectivity index (χ4v) is 3.29. The number of amides is 2. The zero-order chi connectivity index (χ0) is 23.0. The van der Waals surface area contributed by atoms with E-state index in [0.29, 0.717) is 31.9 Å². The van der Waals surface area contributed by atoms with Gasteiger partial charge in [0.2, 0.25) is 0 Å². The van der Waals surface area contributed by atoms with E-state index in [1.807, 2.05) is 35.9 Å². The van der Waals surface area contributed by atoms with Gasteiger partial charge in [-0.25, -0.2) is 9.78 Å². The highest BCUT2D eigenvalue weighted by molar-refractivity contribution is 5.90. The second-order valence-corrected chi connectivity index (χ2v) is 7.09. The van der Waals surface area contributed by atoms with Crippen LogP contribution in [0.25, 0.3) is 0 Å². The summed E-state index contributed by atoms with van der Waals surface area (Å²) < 4.78 is 47.6. The van der Waals surface area contributed by atoms with E-state index in [9.17, 15) is 18.0 Å². The summed E-state index contributed by atoms with van der Waals surface area (Å²) >= 11 is 0. The fourth-order valence-electron chi connectivity index (χ4n) is 3.29. The SMILES string of the molecule is CCOc1ccccc1CN(CCCn1ccnc1)C(=O)Nc1ccccc1C(F)(F)F. The predicted octanol–water partition coefficient (Wildman–Crippen LogP) is 5.43. The summed E-state index contributed by atoms with van der Waals surface area (Å²) in [6, 6.07) is 11.6. The van der Waals surface area contributed by atoms with Gasteiger partial charge in [-0.1, -0.05) is 30.3 Å². The number of aromatic nitrogens is 2. The Balaban J connectivity index is 1.79. The molecule has 1 heterocycles. The monoisotopic (exact) mass is 446 g/mol. The molecule has 0 aliphatic carbocycles. The fraction of sp³-hybridized carbons (Fsp3) is 0.304. The van der Waals surface area contributed by atoms with Crippen molar-refractivity contribution in [1.29, 1.82) is 0 Å². The molecule has 1 N–H and O–H groups in total. The Morgan fingerprint density at radius 2 is 1.91 bits per heavy atom. The first-order valence-electron chi connectivity index (χ1n) is 10.3. The minimum absolute atomic E-state index is 0.195. The predicted molar refractivity (Wildman–Crippen MR) is 115 cm³/mol. The van der Waals surface area contributed by atoms with Crippen LogP contribution in [0.5, 0.6) is 5.75 Å². The number of para-hydroxylation sites is 2. The number of anilines is 1. The Labute approximate surface area is 184 Å². The van der Waals surface area contributed by atoms with Gasteiger partial charge in [-0.2, -0.15) is 13.2 Å². The number of aryl methyl sites for hydroxylation is 1. The number of halogens is 3. The molecule has 0 spiro atoms. The molecule has 1 aromatic heterocycles. The van der Waals surface area contributed by atoms with Gasteiger partial charge in [0.1, 0.15) is 5.75 Å². The first-order chi connectivity index (χ1) is 15.4. The number of benzene rings is 2. The summed E-state index contributed by atoms with van der Waals surface area (Å²) in [6.07, 6.45) is 1.18. The maximum Gasteiger partial charge on any atom is 0.418 e. The molecule has 0 fully saturated rings. The summed E-state index contributed by atoms with van der Waals surface area (Å²) in [4.78, 5) is 18.5. The third-order valence-electron chi connectivity index (χ3n) is 4.80. The van der Waals surface area contributed by atoms with E-state index in [4.69, 9.17) is 4.74 Å². The van der Waals surface area contributed by atoms with Gasteiger partial charge in [0.15, 0.2) is 0 Å². The van der Waals surface area contributed by atoms with Gasteiger partial charge in [0, 0.05) is 31.0 Å². The van der Waals surface area contributed by atoms with E-state index in [1.165, 1.54) is 23.1 Å². The third kappa shape index (κ3) is 6.26. The van der Waals surface area contributed by atoms with Crippen LogP contribution >= 0.6 is 0 Å². The summed E-state index contributed by atoms with van der Waals surface area (Å²) in [5.74, 6) is 0.637. The van der Waals surface area contributed by atoms with Gasteiger partial charge >= 0.3 is 12.2 Å². The number of ether oxygens (including phenoxy) is 1. The molecule has 2 aromatic carbocycles. The number of carbonyl (C=O) groups excluding carboxylic acids is 1. The number of nitrogens with one attached hydrogen (secondary N) is 1. The molecule has 0 aliphatic heterocycles. The van der Waals surface area contributed by atoms with E-state index in [2.05, 4.69) is 10.3 Å². The molecule has 0 aliphatic rings. The van der Waals surface area contributed by atoms with E-state index in [0.717, 1.165) is 11.6 Å². The molecule has 6 nitrogen and oxygen atoms in total. The van der Waals surface area contributed by atoms with Gasteiger partial charge in [-0.15, -0.1) is 0 Å². The van der Waals surface area contributed by atoms with Crippen LogP contribution in [0.3, 0.4) is 0 Å². The molecule has 32 heavy (non-hydrogen) atoms. The molecule has 0 saturated heterocycles. The number of hydrogen-bond donors (Lipinski definition) is 1. The lowest BCUT2D eigenvalue weighted by Crippen LogP contribution is -2.36. The van der Waals surface area contributed by atoms with Crippen molar-refractivity contribution in [1.82, 2.24) is 14.5 Å². The molecule has 9 heteroatoms. The Bertz CT molecular complexity index is 1010. The molecule has 0 radical (unpaired) electrons. The molecule has 3 rings (SSSR count). The molecule has 0 unspecified atom stereocenters. The summed E-state index contributed by atoms with van der Waals surface area (Å²) in [6.45, 7) is 3.47. The number of alkyl halides is 3. The maximum absolute atomic E-state index is 13.4. The normalized spacial score (nSPS) is 11.2. The molecule has 0 bridgehead atoms. The van der Waals surface area contributed by atoms with E-state index >= 15 is 0 Å². The van der Waals surface area contributed by atoms with Crippen molar-refractivity contribution < 1.29 is 22.7 Å². The van der Waals surface area contributed by atoms with Crippen LogP contribution < -0.4 is 10.1 Å². The molecular weight excluding hydrogens is 421 g/mol. The Hall–Kier alpha value is -3.49. The Kier molecular flexibility index (Phi) is 7.75. The first-order valence-corrected chi connectivity index (χ1v) is 10.3. The van der Waals surface area contributed by atoms with E-state index < -0.39 is 17.8 Å². The quantitative estimate of drug-likeness (QED) is 0.477. The minimum atomic E-state index is -4.57. The van der Waals surface area contributed by atoms with Crippen molar-refractivity contribution in [3.8, 4) is 5.75 Å². The number of rotatable bonds is 9. The van der Waals surface area contributed by atoms with Gasteiger partial charge in [-0.3, -0.25) is 0 Å². The van der Waals surface area contributed by atoms with Crippen molar-refractivity contribution in [2.75, 3.05) is 18.5 Å². The number of hydrogen-bond acceptors (Lipinski definition) is 3. The number of nitrogens with zero attached hydrogens (tertiary/aromatic N) is 3. The van der Waals surface area contributed by atoms with Gasteiger partial charge in [0.25, 0.3) is 0 Å². The zero-order valence-corrected chi connectivity index (χ0v) is 17.7. The summed E-state index contributed by atoms with van der Waals surface area (Å²) in [7, 11) is 0. The van der Waals surface area contributed by atoms with Crippen molar-refractivity contribution >= 4 is 11.7 Å². The zero-order valence-electron chi connectivity index (χ0n) is 17.7. The summed E-state index contributed by atoms with van der Waals surface area (Å²) in [5.41, 5.74) is -0.389. The highest BCUT2D eigenvalue weighted by atomic mass is 19.4. The largest absolute Gasteiger partial charge is 0.494 e. The molecule has 3 aromatic rings. The highest BCUT2D eigenvalue weighted by Crippen LogP contribution is 2.34. The van der Waals surface area contributed by atoms with Crippen molar-refractivity contribution in [3.63, 3.8) is 0 Å². The third-order valence-corrected chi connectivity index (χ3v) is 4.80. The van der Waals surface area contributed by atoms with Gasteiger partial charge < -0.3 is 19.5 Å². The standard InChI is InChI=1S/C23H25F3N4O2/c1-2-32-21-11-6-3-8-18(21)16-30(14-7-13-29-15-12-27-17-29)22(31)28-20-10-5-4-9-19(20)23(24,25)26/h3-6,8-12,15,17H,2,7,13-14,16H2,1H3,(H,28,31). The number of urea groups is 1. The van der Waals surface area contributed by atoms with Gasteiger partial charge in [-0.05, 0) is 31.5 Å². The van der Waals surface area contributed by atoms with Crippen LogP contribution in [0, 0.1) is 0 Å². The van der Waals surface area contributed by atoms with E-state index in [-0.39, 0.29) is 12.2 Å². The average Bonchev–Trinajstić information content (AvgIpc) is 3.27. The lowest BCUT2D eigenvalue weighted by Gasteiger charge is -2.25. The number of imidazole rings is 1. The average molecular weight is 446 g/mol. The first kappa shape index (κ1) is 23.2. The molecular formula is C23H25F3N4O2. The van der Waals surface area contributed by atoms with Crippen molar-refractivity contribution in [2.24, 2.45) is 0 Å². The van der Waals surface area contributed by atoms with Crippen LogP contribution in [0.15, 0.2) is 67.3 Å². The van der Waals surface area contributed by atoms with Gasteiger partial charge in [0.05, 0.1) is 30.7 Å². The summed E-state index contributed by atoms with van der Waals surface area (Å²) in [5, 5.41) is 2.44. The molecule has 0 saturated carbocycles. The maximum atomic E-state index is 13.4. The van der Waals surface area contributed by atoms with E-state index in [1.54, 1.807) is 18.6 Å².